The standard InChI is InChI=1S/C24H32N6O5/c1-24(2,25)22(32)27-19(16-34-14-17-8-4-3-5-9-17)21-29-28-20-11-6-10-18(30(20)21)15-35-23(33)26-12-7-13-31/h3-6,8-11,19,31H,7,12-16,25H2,1-2H3,(H,26,33)(H,27,32)/t19-/m1/s1. The van der Waals surface area contributed by atoms with Crippen molar-refractivity contribution >= 4 is 17.6 Å². The number of amides is 2. The van der Waals surface area contributed by atoms with E-state index < -0.39 is 17.7 Å². The molecule has 0 saturated carbocycles. The molecule has 3 aromatic rings. The van der Waals surface area contributed by atoms with E-state index in [0.717, 1.165) is 5.56 Å². The number of nitrogens with zero attached hydrogens (tertiary/aromatic N) is 3. The lowest BCUT2D eigenvalue weighted by Gasteiger charge is -2.24. The maximum Gasteiger partial charge on any atom is 0.407 e. The summed E-state index contributed by atoms with van der Waals surface area (Å²) in [5, 5.41) is 22.8. The molecular formula is C24H32N6O5. The highest BCUT2D eigenvalue weighted by Gasteiger charge is 2.28. The van der Waals surface area contributed by atoms with Crippen LogP contribution in [0.15, 0.2) is 48.5 Å². The Labute approximate surface area is 203 Å². The third-order valence-corrected chi connectivity index (χ3v) is 5.09. The fraction of sp³-hybridized carbons (Fsp3) is 0.417. The van der Waals surface area contributed by atoms with Gasteiger partial charge >= 0.3 is 6.09 Å². The zero-order chi connectivity index (χ0) is 25.3. The number of hydrogen-bond donors (Lipinski definition) is 4. The van der Waals surface area contributed by atoms with Crippen LogP contribution in [0.5, 0.6) is 0 Å². The van der Waals surface area contributed by atoms with Gasteiger partial charge in [0, 0.05) is 13.2 Å². The molecule has 2 aromatic heterocycles. The molecule has 0 aliphatic carbocycles. The molecule has 5 N–H and O–H groups in total. The Hall–Kier alpha value is -3.54. The van der Waals surface area contributed by atoms with Crippen LogP contribution in [0.4, 0.5) is 4.79 Å². The molecule has 2 heterocycles. The van der Waals surface area contributed by atoms with Crippen molar-refractivity contribution in [2.24, 2.45) is 5.73 Å². The molecule has 0 aliphatic heterocycles. The minimum Gasteiger partial charge on any atom is -0.443 e. The van der Waals surface area contributed by atoms with Gasteiger partial charge in [-0.2, -0.15) is 0 Å². The smallest absolute Gasteiger partial charge is 0.407 e. The van der Waals surface area contributed by atoms with E-state index in [1.165, 1.54) is 0 Å². The van der Waals surface area contributed by atoms with Crippen molar-refractivity contribution in [3.8, 4) is 0 Å². The molecule has 35 heavy (non-hydrogen) atoms. The average molecular weight is 485 g/mol. The van der Waals surface area contributed by atoms with Crippen molar-refractivity contribution in [1.82, 2.24) is 25.2 Å². The predicted molar refractivity (Wildman–Crippen MR) is 128 cm³/mol. The first kappa shape index (κ1) is 26.1. The predicted octanol–water partition coefficient (Wildman–Crippen LogP) is 1.45. The Morgan fingerprint density at radius 1 is 1.11 bits per heavy atom. The number of fused-ring (bicyclic) bond motifs is 1. The van der Waals surface area contributed by atoms with Crippen LogP contribution in [0.3, 0.4) is 0 Å². The molecule has 188 valence electrons. The lowest BCUT2D eigenvalue weighted by Crippen LogP contribution is -2.51. The number of aromatic nitrogens is 3. The van der Waals surface area contributed by atoms with E-state index in [0.29, 0.717) is 36.7 Å². The summed E-state index contributed by atoms with van der Waals surface area (Å²) in [7, 11) is 0. The lowest BCUT2D eigenvalue weighted by atomic mass is 10.1. The third kappa shape index (κ3) is 7.47. The second-order valence-electron chi connectivity index (χ2n) is 8.60. The minimum absolute atomic E-state index is 0.0251. The van der Waals surface area contributed by atoms with Crippen LogP contribution in [0.2, 0.25) is 0 Å². The van der Waals surface area contributed by atoms with Crippen molar-refractivity contribution in [2.45, 2.75) is 45.1 Å². The Bertz CT molecular complexity index is 1110. The summed E-state index contributed by atoms with van der Waals surface area (Å²) < 4.78 is 12.9. The summed E-state index contributed by atoms with van der Waals surface area (Å²) in [4.78, 5) is 24.7. The van der Waals surface area contributed by atoms with E-state index in [1.54, 1.807) is 36.4 Å². The summed E-state index contributed by atoms with van der Waals surface area (Å²) in [6.45, 7) is 3.92. The second kappa shape index (κ2) is 12.2. The zero-order valence-corrected chi connectivity index (χ0v) is 19.9. The molecular weight excluding hydrogens is 452 g/mol. The van der Waals surface area contributed by atoms with Crippen molar-refractivity contribution in [2.75, 3.05) is 19.8 Å². The molecule has 3 rings (SSSR count). The molecule has 0 aliphatic rings. The lowest BCUT2D eigenvalue weighted by molar-refractivity contribution is -0.126. The average Bonchev–Trinajstić information content (AvgIpc) is 3.27. The fourth-order valence-electron chi connectivity index (χ4n) is 3.22. The number of nitrogens with two attached hydrogens (primary N) is 1. The molecule has 11 nitrogen and oxygen atoms in total. The fourth-order valence-corrected chi connectivity index (χ4v) is 3.22. The Kier molecular flexibility index (Phi) is 9.12. The Morgan fingerprint density at radius 2 is 1.89 bits per heavy atom. The number of ether oxygens (including phenoxy) is 2. The number of alkyl carbamates (subject to hydrolysis) is 1. The van der Waals surface area contributed by atoms with Crippen LogP contribution in [-0.2, 0) is 27.5 Å². The molecule has 2 amide bonds. The summed E-state index contributed by atoms with van der Waals surface area (Å²) in [6.07, 6.45) is -0.173. The number of pyridine rings is 1. The van der Waals surface area contributed by atoms with Gasteiger partial charge in [0.1, 0.15) is 12.6 Å². The van der Waals surface area contributed by atoms with E-state index in [-0.39, 0.29) is 25.7 Å². The van der Waals surface area contributed by atoms with Crippen LogP contribution < -0.4 is 16.4 Å². The van der Waals surface area contributed by atoms with Gasteiger partial charge in [-0.3, -0.25) is 9.20 Å². The van der Waals surface area contributed by atoms with Gasteiger partial charge in [-0.05, 0) is 38.0 Å². The molecule has 0 radical (unpaired) electrons. The van der Waals surface area contributed by atoms with Gasteiger partial charge in [-0.25, -0.2) is 4.79 Å². The molecule has 0 saturated heterocycles. The number of carbonyl (C=O) groups is 2. The molecule has 1 atom stereocenters. The Balaban J connectivity index is 1.81. The van der Waals surface area contributed by atoms with Crippen molar-refractivity contribution in [3.63, 3.8) is 0 Å². The first-order chi connectivity index (χ1) is 16.8. The summed E-state index contributed by atoms with van der Waals surface area (Å²) in [5.41, 5.74) is 7.00. The number of aliphatic hydroxyl groups excluding tert-OH is 1. The van der Waals surface area contributed by atoms with E-state index >= 15 is 0 Å². The monoisotopic (exact) mass is 484 g/mol. The van der Waals surface area contributed by atoms with E-state index in [2.05, 4.69) is 20.8 Å². The van der Waals surface area contributed by atoms with E-state index in [9.17, 15) is 9.59 Å². The molecule has 0 bridgehead atoms. The molecule has 11 heteroatoms. The quantitative estimate of drug-likeness (QED) is 0.282. The van der Waals surface area contributed by atoms with Gasteiger partial charge in [0.2, 0.25) is 5.91 Å². The molecule has 0 fully saturated rings. The normalized spacial score (nSPS) is 12.3. The number of carbonyl (C=O) groups excluding carboxylic acids is 2. The topological polar surface area (TPSA) is 153 Å². The van der Waals surface area contributed by atoms with Gasteiger partial charge in [0.15, 0.2) is 11.5 Å². The summed E-state index contributed by atoms with van der Waals surface area (Å²) >= 11 is 0. The van der Waals surface area contributed by atoms with Gasteiger partial charge in [0.25, 0.3) is 0 Å². The number of benzene rings is 1. The van der Waals surface area contributed by atoms with Crippen LogP contribution >= 0.6 is 0 Å². The van der Waals surface area contributed by atoms with Crippen molar-refractivity contribution in [3.05, 3.63) is 65.6 Å². The number of nitrogens with one attached hydrogen (secondary N) is 2. The summed E-state index contributed by atoms with van der Waals surface area (Å²) in [5.74, 6) is 0.0464. The third-order valence-electron chi connectivity index (χ3n) is 5.09. The molecule has 0 spiro atoms. The SMILES string of the molecule is CC(C)(N)C(=O)N[C@H](COCc1ccccc1)c1nnc2cccc(COC(=O)NCCCO)n12. The van der Waals surface area contributed by atoms with Crippen LogP contribution in [0.1, 0.15) is 43.4 Å². The largest absolute Gasteiger partial charge is 0.443 e. The second-order valence-corrected chi connectivity index (χ2v) is 8.60. The first-order valence-corrected chi connectivity index (χ1v) is 11.4. The highest BCUT2D eigenvalue weighted by atomic mass is 16.5. The van der Waals surface area contributed by atoms with Crippen molar-refractivity contribution < 1.29 is 24.2 Å². The summed E-state index contributed by atoms with van der Waals surface area (Å²) in [6, 6.07) is 14.3. The minimum atomic E-state index is -1.11. The number of hydrogen-bond acceptors (Lipinski definition) is 8. The van der Waals surface area contributed by atoms with Gasteiger partial charge < -0.3 is 30.9 Å². The van der Waals surface area contributed by atoms with Gasteiger partial charge in [-0.15, -0.1) is 10.2 Å². The maximum atomic E-state index is 12.7. The number of aliphatic hydroxyl groups is 1. The van der Waals surface area contributed by atoms with Gasteiger partial charge in [-0.1, -0.05) is 36.4 Å². The number of rotatable bonds is 12. The molecule has 0 unspecified atom stereocenters. The molecule has 1 aromatic carbocycles. The van der Waals surface area contributed by atoms with E-state index in [4.69, 9.17) is 20.3 Å². The Morgan fingerprint density at radius 3 is 2.60 bits per heavy atom. The first-order valence-electron chi connectivity index (χ1n) is 11.4. The maximum absolute atomic E-state index is 12.7. The van der Waals surface area contributed by atoms with Crippen LogP contribution in [-0.4, -0.2) is 57.0 Å². The highest BCUT2D eigenvalue weighted by molar-refractivity contribution is 5.85. The van der Waals surface area contributed by atoms with Crippen LogP contribution in [0.25, 0.3) is 5.65 Å². The van der Waals surface area contributed by atoms with Crippen LogP contribution in [0, 0.1) is 0 Å². The van der Waals surface area contributed by atoms with Gasteiger partial charge in [0.05, 0.1) is 24.4 Å². The zero-order valence-electron chi connectivity index (χ0n) is 19.9. The highest BCUT2D eigenvalue weighted by Crippen LogP contribution is 2.18. The van der Waals surface area contributed by atoms with Crippen molar-refractivity contribution in [1.29, 1.82) is 0 Å². The van der Waals surface area contributed by atoms with E-state index in [1.807, 2.05) is 30.3 Å².